The highest BCUT2D eigenvalue weighted by Crippen LogP contribution is 2.26. The van der Waals surface area contributed by atoms with Crippen LogP contribution < -0.4 is 9.64 Å². The number of methoxy groups -OCH3 is 1. The van der Waals surface area contributed by atoms with Crippen LogP contribution in [0.15, 0.2) is 30.3 Å². The minimum atomic E-state index is -1.03. The molecular formula is C15H15N3O3. The van der Waals surface area contributed by atoms with Crippen LogP contribution >= 0.6 is 0 Å². The number of anilines is 1. The van der Waals surface area contributed by atoms with Gasteiger partial charge in [-0.05, 0) is 17.5 Å². The number of carbonyl (C=O) groups is 1. The molecule has 1 aromatic heterocycles. The van der Waals surface area contributed by atoms with Gasteiger partial charge in [0.2, 0.25) is 5.88 Å². The summed E-state index contributed by atoms with van der Waals surface area (Å²) in [5, 5.41) is 17.3. The lowest BCUT2D eigenvalue weighted by atomic mass is 10.00. The first-order chi connectivity index (χ1) is 10.2. The predicted octanol–water partition coefficient (Wildman–Crippen LogP) is 1.75. The van der Waals surface area contributed by atoms with Crippen molar-refractivity contribution in [2.75, 3.05) is 18.6 Å². The third-order valence-electron chi connectivity index (χ3n) is 3.62. The first kappa shape index (κ1) is 13.4. The standard InChI is InChI=1S/C15H15N3O3/c1-21-13-8-12(15(19)20)14(17-16-13)18-7-6-10-4-2-3-5-11(10)9-18/h2-5,8H,6-7,9H2,1H3,(H,19,20). The summed E-state index contributed by atoms with van der Waals surface area (Å²) in [5.41, 5.74) is 2.60. The van der Waals surface area contributed by atoms with Crippen molar-refractivity contribution in [3.05, 3.63) is 47.0 Å². The van der Waals surface area contributed by atoms with Crippen LogP contribution in [0.4, 0.5) is 5.82 Å². The summed E-state index contributed by atoms with van der Waals surface area (Å²) in [4.78, 5) is 13.4. The van der Waals surface area contributed by atoms with E-state index < -0.39 is 5.97 Å². The predicted molar refractivity (Wildman–Crippen MR) is 76.7 cm³/mol. The average Bonchev–Trinajstić information content (AvgIpc) is 2.53. The van der Waals surface area contributed by atoms with Gasteiger partial charge in [-0.2, -0.15) is 0 Å². The fourth-order valence-corrected chi connectivity index (χ4v) is 2.53. The molecule has 2 heterocycles. The summed E-state index contributed by atoms with van der Waals surface area (Å²) >= 11 is 0. The van der Waals surface area contributed by atoms with Gasteiger partial charge in [-0.25, -0.2) is 4.79 Å². The number of benzene rings is 1. The van der Waals surface area contributed by atoms with Crippen molar-refractivity contribution in [2.45, 2.75) is 13.0 Å². The van der Waals surface area contributed by atoms with Gasteiger partial charge in [-0.15, -0.1) is 10.2 Å². The number of rotatable bonds is 3. The van der Waals surface area contributed by atoms with E-state index in [0.29, 0.717) is 12.4 Å². The summed E-state index contributed by atoms with van der Waals surface area (Å²) in [6, 6.07) is 9.57. The van der Waals surface area contributed by atoms with Crippen molar-refractivity contribution >= 4 is 11.8 Å². The molecule has 0 unspecified atom stereocenters. The van der Waals surface area contributed by atoms with E-state index in [2.05, 4.69) is 22.3 Å². The number of carboxylic acids is 1. The average molecular weight is 285 g/mol. The van der Waals surface area contributed by atoms with Crippen LogP contribution in [0.2, 0.25) is 0 Å². The molecule has 2 aromatic rings. The van der Waals surface area contributed by atoms with E-state index in [1.165, 1.54) is 24.3 Å². The second-order valence-corrected chi connectivity index (χ2v) is 4.87. The summed E-state index contributed by atoms with van der Waals surface area (Å²) in [6.07, 6.45) is 0.864. The van der Waals surface area contributed by atoms with Gasteiger partial charge in [0.25, 0.3) is 0 Å². The maximum absolute atomic E-state index is 11.4. The monoisotopic (exact) mass is 285 g/mol. The van der Waals surface area contributed by atoms with Crippen molar-refractivity contribution in [1.29, 1.82) is 0 Å². The fraction of sp³-hybridized carbons (Fsp3) is 0.267. The van der Waals surface area contributed by atoms with E-state index in [4.69, 9.17) is 4.74 Å². The highest BCUT2D eigenvalue weighted by Gasteiger charge is 2.23. The van der Waals surface area contributed by atoms with E-state index in [9.17, 15) is 9.90 Å². The molecule has 6 heteroatoms. The summed E-state index contributed by atoms with van der Waals surface area (Å²) in [5.74, 6) is -0.441. The smallest absolute Gasteiger partial charge is 0.339 e. The van der Waals surface area contributed by atoms with Crippen LogP contribution in [0.5, 0.6) is 5.88 Å². The Labute approximate surface area is 122 Å². The van der Waals surface area contributed by atoms with Crippen molar-refractivity contribution in [3.63, 3.8) is 0 Å². The number of fused-ring (bicyclic) bond motifs is 1. The Balaban J connectivity index is 1.96. The Hall–Kier alpha value is -2.63. The van der Waals surface area contributed by atoms with E-state index in [0.717, 1.165) is 13.0 Å². The Morgan fingerprint density at radius 3 is 2.76 bits per heavy atom. The normalized spacial score (nSPS) is 13.7. The van der Waals surface area contributed by atoms with Crippen LogP contribution in [-0.2, 0) is 13.0 Å². The lowest BCUT2D eigenvalue weighted by Gasteiger charge is -2.30. The molecule has 1 N–H and O–H groups in total. The van der Waals surface area contributed by atoms with Gasteiger partial charge in [0.15, 0.2) is 5.82 Å². The fourth-order valence-electron chi connectivity index (χ4n) is 2.53. The Bertz CT molecular complexity index is 688. The van der Waals surface area contributed by atoms with E-state index in [1.807, 2.05) is 17.0 Å². The van der Waals surface area contributed by atoms with Gasteiger partial charge in [-0.3, -0.25) is 0 Å². The molecule has 0 aliphatic carbocycles. The third-order valence-corrected chi connectivity index (χ3v) is 3.62. The SMILES string of the molecule is COc1cc(C(=O)O)c(N2CCc3ccccc3C2)nn1. The van der Waals surface area contributed by atoms with Gasteiger partial charge < -0.3 is 14.7 Å². The molecule has 108 valence electrons. The number of hydrogen-bond acceptors (Lipinski definition) is 5. The number of hydrogen-bond donors (Lipinski definition) is 1. The number of ether oxygens (including phenoxy) is 1. The number of carboxylic acid groups (broad SMARTS) is 1. The van der Waals surface area contributed by atoms with Crippen LogP contribution in [0.1, 0.15) is 21.5 Å². The Morgan fingerprint density at radius 1 is 1.29 bits per heavy atom. The van der Waals surface area contributed by atoms with Gasteiger partial charge in [0, 0.05) is 19.2 Å². The Morgan fingerprint density at radius 2 is 2.05 bits per heavy atom. The molecule has 0 spiro atoms. The first-order valence-electron chi connectivity index (χ1n) is 6.66. The first-order valence-corrected chi connectivity index (χ1v) is 6.66. The molecule has 1 aliphatic rings. The zero-order valence-corrected chi connectivity index (χ0v) is 11.6. The molecule has 6 nitrogen and oxygen atoms in total. The highest BCUT2D eigenvalue weighted by molar-refractivity contribution is 5.93. The van der Waals surface area contributed by atoms with Gasteiger partial charge in [-0.1, -0.05) is 24.3 Å². The zero-order chi connectivity index (χ0) is 14.8. The zero-order valence-electron chi connectivity index (χ0n) is 11.6. The molecule has 0 saturated heterocycles. The van der Waals surface area contributed by atoms with Crippen LogP contribution in [0.25, 0.3) is 0 Å². The van der Waals surface area contributed by atoms with E-state index in [-0.39, 0.29) is 11.4 Å². The molecule has 21 heavy (non-hydrogen) atoms. The molecule has 0 radical (unpaired) electrons. The second kappa shape index (κ2) is 5.40. The number of aromatic carboxylic acids is 1. The largest absolute Gasteiger partial charge is 0.480 e. The topological polar surface area (TPSA) is 75.6 Å². The number of aromatic nitrogens is 2. The maximum Gasteiger partial charge on any atom is 0.339 e. The third kappa shape index (κ3) is 2.52. The molecule has 1 aromatic carbocycles. The molecule has 1 aliphatic heterocycles. The minimum Gasteiger partial charge on any atom is -0.480 e. The minimum absolute atomic E-state index is 0.112. The quantitative estimate of drug-likeness (QED) is 0.926. The van der Waals surface area contributed by atoms with Crippen LogP contribution in [0, 0.1) is 0 Å². The van der Waals surface area contributed by atoms with E-state index in [1.54, 1.807) is 0 Å². The number of nitrogens with zero attached hydrogens (tertiary/aromatic N) is 3. The van der Waals surface area contributed by atoms with Crippen LogP contribution in [0.3, 0.4) is 0 Å². The summed E-state index contributed by atoms with van der Waals surface area (Å²) < 4.78 is 4.95. The van der Waals surface area contributed by atoms with Crippen molar-refractivity contribution in [3.8, 4) is 5.88 Å². The maximum atomic E-state index is 11.4. The van der Waals surface area contributed by atoms with Crippen LogP contribution in [-0.4, -0.2) is 34.9 Å². The van der Waals surface area contributed by atoms with Gasteiger partial charge in [0.1, 0.15) is 5.56 Å². The molecule has 0 amide bonds. The highest BCUT2D eigenvalue weighted by atomic mass is 16.5. The summed E-state index contributed by atoms with van der Waals surface area (Å²) in [6.45, 7) is 1.36. The molecular weight excluding hydrogens is 270 g/mol. The molecule has 0 fully saturated rings. The second-order valence-electron chi connectivity index (χ2n) is 4.87. The summed E-state index contributed by atoms with van der Waals surface area (Å²) in [7, 11) is 1.44. The lowest BCUT2D eigenvalue weighted by Crippen LogP contribution is -2.32. The van der Waals surface area contributed by atoms with Gasteiger partial charge in [0.05, 0.1) is 7.11 Å². The van der Waals surface area contributed by atoms with Crippen molar-refractivity contribution in [2.24, 2.45) is 0 Å². The van der Waals surface area contributed by atoms with E-state index >= 15 is 0 Å². The lowest BCUT2D eigenvalue weighted by molar-refractivity contribution is 0.0696. The molecule has 0 bridgehead atoms. The molecule has 0 saturated carbocycles. The van der Waals surface area contributed by atoms with Crippen molar-refractivity contribution < 1.29 is 14.6 Å². The molecule has 3 rings (SSSR count). The Kier molecular flexibility index (Phi) is 3.43. The molecule has 0 atom stereocenters. The van der Waals surface area contributed by atoms with Gasteiger partial charge >= 0.3 is 5.97 Å². The van der Waals surface area contributed by atoms with Crippen molar-refractivity contribution in [1.82, 2.24) is 10.2 Å².